The third kappa shape index (κ3) is 4.00. The van der Waals surface area contributed by atoms with E-state index in [0.29, 0.717) is 40.2 Å². The van der Waals surface area contributed by atoms with E-state index in [0.717, 1.165) is 16.5 Å². The molecule has 1 N–H and O–H groups in total. The van der Waals surface area contributed by atoms with E-state index in [2.05, 4.69) is 31.4 Å². The number of amides is 2. The topological polar surface area (TPSA) is 93.7 Å². The molecule has 2 aromatic carbocycles. The van der Waals surface area contributed by atoms with Crippen LogP contribution in [0.3, 0.4) is 0 Å². The fourth-order valence-corrected chi connectivity index (χ4v) is 4.66. The number of nitrogens with zero attached hydrogens (tertiary/aromatic N) is 3. The van der Waals surface area contributed by atoms with Gasteiger partial charge in [0, 0.05) is 22.1 Å². The third-order valence-electron chi connectivity index (χ3n) is 5.18. The Bertz CT molecular complexity index is 1150. The van der Waals surface area contributed by atoms with Crippen LogP contribution in [0.1, 0.15) is 23.2 Å². The Kier molecular flexibility index (Phi) is 5.33. The lowest BCUT2D eigenvalue weighted by Crippen LogP contribution is -2.43. The molecule has 8 nitrogen and oxygen atoms in total. The Balaban J connectivity index is 1.28. The van der Waals surface area contributed by atoms with Crippen LogP contribution in [0.5, 0.6) is 11.5 Å². The Labute approximate surface area is 190 Å². The minimum Gasteiger partial charge on any atom is -0.454 e. The predicted molar refractivity (Wildman–Crippen MR) is 118 cm³/mol. The van der Waals surface area contributed by atoms with E-state index in [4.69, 9.17) is 9.47 Å². The number of carbonyl (C=O) groups is 2. The Hall–Kier alpha value is -2.98. The number of halogens is 1. The highest BCUT2D eigenvalue weighted by Gasteiger charge is 2.35. The van der Waals surface area contributed by atoms with Gasteiger partial charge in [-0.25, -0.2) is 0 Å². The molecule has 1 saturated heterocycles. The molecule has 0 aliphatic carbocycles. The van der Waals surface area contributed by atoms with Crippen molar-refractivity contribution < 1.29 is 19.1 Å². The van der Waals surface area contributed by atoms with Gasteiger partial charge in [-0.1, -0.05) is 27.3 Å². The second-order valence-electron chi connectivity index (χ2n) is 7.13. The van der Waals surface area contributed by atoms with Gasteiger partial charge >= 0.3 is 0 Å². The number of nitrogens with one attached hydrogen (secondary N) is 1. The first-order chi connectivity index (χ1) is 15.1. The lowest BCUT2D eigenvalue weighted by molar-refractivity contribution is -0.119. The van der Waals surface area contributed by atoms with Gasteiger partial charge in [-0.2, -0.15) is 0 Å². The molecule has 2 aliphatic rings. The van der Waals surface area contributed by atoms with Gasteiger partial charge < -0.3 is 14.4 Å². The molecule has 1 atom stereocenters. The summed E-state index contributed by atoms with van der Waals surface area (Å²) in [5.74, 6) is 0.949. The maximum atomic E-state index is 12.9. The molecular formula is C21H17BrN4O4S. The number of anilines is 1. The van der Waals surface area contributed by atoms with Crippen LogP contribution in [0.2, 0.25) is 0 Å². The molecule has 10 heteroatoms. The van der Waals surface area contributed by atoms with Crippen molar-refractivity contribution in [3.63, 3.8) is 0 Å². The van der Waals surface area contributed by atoms with Gasteiger partial charge in [0.15, 0.2) is 11.5 Å². The first-order valence-electron chi connectivity index (χ1n) is 9.69. The van der Waals surface area contributed by atoms with Crippen molar-refractivity contribution in [2.45, 2.75) is 18.9 Å². The number of likely N-dealkylation sites (tertiary alicyclic amines) is 1. The maximum Gasteiger partial charge on any atom is 0.254 e. The minimum absolute atomic E-state index is 0.150. The molecule has 0 bridgehead atoms. The molecule has 2 aliphatic heterocycles. The Morgan fingerprint density at radius 2 is 1.90 bits per heavy atom. The molecule has 1 aromatic heterocycles. The molecule has 3 heterocycles. The lowest BCUT2D eigenvalue weighted by Gasteiger charge is -2.23. The number of rotatable bonds is 4. The van der Waals surface area contributed by atoms with Gasteiger partial charge in [0.05, 0.1) is 0 Å². The van der Waals surface area contributed by atoms with Crippen molar-refractivity contribution in [1.82, 2.24) is 15.1 Å². The Morgan fingerprint density at radius 3 is 2.74 bits per heavy atom. The zero-order chi connectivity index (χ0) is 21.4. The number of carbonyl (C=O) groups excluding carboxylic acids is 2. The Morgan fingerprint density at radius 1 is 1.10 bits per heavy atom. The van der Waals surface area contributed by atoms with E-state index in [1.54, 1.807) is 17.0 Å². The number of fused-ring (bicyclic) bond motifs is 1. The fourth-order valence-electron chi connectivity index (χ4n) is 3.65. The van der Waals surface area contributed by atoms with Crippen molar-refractivity contribution in [2.75, 3.05) is 18.7 Å². The van der Waals surface area contributed by atoms with Crippen LogP contribution in [0.15, 0.2) is 46.9 Å². The van der Waals surface area contributed by atoms with Crippen LogP contribution < -0.4 is 14.8 Å². The molecule has 1 fully saturated rings. The molecule has 0 radical (unpaired) electrons. The highest BCUT2D eigenvalue weighted by molar-refractivity contribution is 9.10. The van der Waals surface area contributed by atoms with Crippen LogP contribution in [-0.4, -0.2) is 46.3 Å². The van der Waals surface area contributed by atoms with Crippen molar-refractivity contribution in [3.05, 3.63) is 52.5 Å². The van der Waals surface area contributed by atoms with E-state index in [9.17, 15) is 9.59 Å². The highest BCUT2D eigenvalue weighted by Crippen LogP contribution is 2.37. The third-order valence-corrected chi connectivity index (χ3v) is 6.60. The molecule has 3 aromatic rings. The zero-order valence-corrected chi connectivity index (χ0v) is 18.6. The minimum atomic E-state index is -0.533. The van der Waals surface area contributed by atoms with Crippen molar-refractivity contribution in [1.29, 1.82) is 0 Å². The average Bonchev–Trinajstić information content (AvgIpc) is 3.53. The van der Waals surface area contributed by atoms with Gasteiger partial charge in [0.1, 0.15) is 11.0 Å². The van der Waals surface area contributed by atoms with Crippen LogP contribution in [-0.2, 0) is 4.79 Å². The van der Waals surface area contributed by atoms with Crippen LogP contribution in [0, 0.1) is 0 Å². The number of hydrogen-bond acceptors (Lipinski definition) is 7. The normalized spacial score (nSPS) is 17.1. The number of aromatic nitrogens is 2. The zero-order valence-electron chi connectivity index (χ0n) is 16.2. The number of hydrogen-bond donors (Lipinski definition) is 1. The largest absolute Gasteiger partial charge is 0.454 e. The molecular weight excluding hydrogens is 484 g/mol. The summed E-state index contributed by atoms with van der Waals surface area (Å²) in [6, 6.07) is 12.1. The summed E-state index contributed by atoms with van der Waals surface area (Å²) in [7, 11) is 0. The number of benzene rings is 2. The molecule has 5 rings (SSSR count). The van der Waals surface area contributed by atoms with Crippen LogP contribution in [0.4, 0.5) is 5.13 Å². The molecule has 158 valence electrons. The fraction of sp³-hybridized carbons (Fsp3) is 0.238. The van der Waals surface area contributed by atoms with Crippen LogP contribution >= 0.6 is 27.3 Å². The molecule has 2 amide bonds. The quantitative estimate of drug-likeness (QED) is 0.582. The van der Waals surface area contributed by atoms with E-state index < -0.39 is 6.04 Å². The van der Waals surface area contributed by atoms with Gasteiger partial charge in [-0.05, 0) is 55.3 Å². The summed E-state index contributed by atoms with van der Waals surface area (Å²) in [6.07, 6.45) is 1.39. The summed E-state index contributed by atoms with van der Waals surface area (Å²) < 4.78 is 11.6. The van der Waals surface area contributed by atoms with E-state index in [1.807, 2.05) is 30.3 Å². The molecule has 0 spiro atoms. The molecule has 1 unspecified atom stereocenters. The predicted octanol–water partition coefficient (Wildman–Crippen LogP) is 3.94. The summed E-state index contributed by atoms with van der Waals surface area (Å²) in [5, 5.41) is 12.1. The van der Waals surface area contributed by atoms with Crippen LogP contribution in [0.25, 0.3) is 10.6 Å². The lowest BCUT2D eigenvalue weighted by atomic mass is 10.1. The van der Waals surface area contributed by atoms with Gasteiger partial charge in [0.25, 0.3) is 5.91 Å². The average molecular weight is 501 g/mol. The maximum absolute atomic E-state index is 12.9. The summed E-state index contributed by atoms with van der Waals surface area (Å²) >= 11 is 4.64. The van der Waals surface area contributed by atoms with Gasteiger partial charge in [-0.3, -0.25) is 14.9 Å². The van der Waals surface area contributed by atoms with Gasteiger partial charge in [-0.15, -0.1) is 10.2 Å². The summed E-state index contributed by atoms with van der Waals surface area (Å²) in [6.45, 7) is 0.749. The second kappa shape index (κ2) is 8.27. The van der Waals surface area contributed by atoms with Gasteiger partial charge in [0.2, 0.25) is 17.8 Å². The monoisotopic (exact) mass is 500 g/mol. The number of ether oxygens (including phenoxy) is 2. The molecule has 0 saturated carbocycles. The second-order valence-corrected chi connectivity index (χ2v) is 9.03. The van der Waals surface area contributed by atoms with E-state index in [-0.39, 0.29) is 18.6 Å². The van der Waals surface area contributed by atoms with Crippen molar-refractivity contribution >= 4 is 44.2 Å². The van der Waals surface area contributed by atoms with Crippen molar-refractivity contribution in [3.8, 4) is 22.1 Å². The smallest absolute Gasteiger partial charge is 0.254 e. The summed E-state index contributed by atoms with van der Waals surface area (Å²) in [5.41, 5.74) is 1.39. The van der Waals surface area contributed by atoms with Crippen molar-refractivity contribution in [2.24, 2.45) is 0 Å². The first-order valence-corrected chi connectivity index (χ1v) is 11.3. The van der Waals surface area contributed by atoms with E-state index in [1.165, 1.54) is 11.3 Å². The first kappa shape index (κ1) is 20.0. The SMILES string of the molecule is O=C(Nc1nnc(-c2ccc3c(c2)OCO3)s1)C1CCCN1C(=O)c1ccc(Br)cc1. The summed E-state index contributed by atoms with van der Waals surface area (Å²) in [4.78, 5) is 27.4. The standard InChI is InChI=1S/C21H17BrN4O4S/c22-14-6-3-12(4-7-14)20(28)26-9-1-2-15(26)18(27)23-21-25-24-19(31-21)13-5-8-16-17(10-13)30-11-29-16/h3-8,10,15H,1-2,9,11H2,(H,23,25,27). The highest BCUT2D eigenvalue weighted by atomic mass is 79.9. The van der Waals surface area contributed by atoms with E-state index >= 15 is 0 Å². The molecule has 31 heavy (non-hydrogen) atoms.